The Labute approximate surface area is 267 Å². The van der Waals surface area contributed by atoms with E-state index in [1.165, 1.54) is 0 Å². The van der Waals surface area contributed by atoms with Gasteiger partial charge in [-0.2, -0.15) is 0 Å². The van der Waals surface area contributed by atoms with Crippen molar-refractivity contribution in [2.45, 2.75) is 91.0 Å². The predicted molar refractivity (Wildman–Crippen MR) is 162 cm³/mol. The zero-order valence-corrected chi connectivity index (χ0v) is 27.0. The van der Waals surface area contributed by atoms with E-state index >= 15 is 0 Å². The third-order valence-electron chi connectivity index (χ3n) is 6.84. The second-order valence-corrected chi connectivity index (χ2v) is 11.6. The van der Waals surface area contributed by atoms with Crippen LogP contribution in [-0.2, 0) is 38.4 Å². The largest absolute Gasteiger partial charge is 0.481 e. The fourth-order valence-corrected chi connectivity index (χ4v) is 3.88. The van der Waals surface area contributed by atoms with Crippen LogP contribution in [0.15, 0.2) is 0 Å². The van der Waals surface area contributed by atoms with Gasteiger partial charge in [-0.1, -0.05) is 48.0 Å². The van der Waals surface area contributed by atoms with Gasteiger partial charge < -0.3 is 53.0 Å². The summed E-state index contributed by atoms with van der Waals surface area (Å²) in [5, 5.41) is 41.1. The normalized spacial score (nSPS) is 14.9. The van der Waals surface area contributed by atoms with Crippen molar-refractivity contribution < 1.29 is 53.7 Å². The summed E-state index contributed by atoms with van der Waals surface area (Å²) in [7, 11) is 0. The van der Waals surface area contributed by atoms with Crippen molar-refractivity contribution in [3.63, 3.8) is 0 Å². The zero-order valence-electron chi connectivity index (χ0n) is 27.0. The lowest BCUT2D eigenvalue weighted by Crippen LogP contribution is -2.57. The summed E-state index contributed by atoms with van der Waals surface area (Å²) >= 11 is 0. The van der Waals surface area contributed by atoms with Crippen LogP contribution < -0.4 is 37.6 Å². The van der Waals surface area contributed by atoms with Crippen LogP contribution >= 0.6 is 0 Å². The highest BCUT2D eigenvalue weighted by Gasteiger charge is 2.31. The number of carboxylic acids is 2. The molecule has 0 bridgehead atoms. The second-order valence-electron chi connectivity index (χ2n) is 11.6. The quantitative estimate of drug-likeness (QED) is 0.0582. The van der Waals surface area contributed by atoms with Gasteiger partial charge in [0.05, 0.1) is 32.2 Å². The van der Waals surface area contributed by atoms with Crippen molar-refractivity contribution in [3.8, 4) is 0 Å². The molecule has 6 amide bonds. The summed E-state index contributed by atoms with van der Waals surface area (Å²) in [6.45, 7) is 8.14. The molecule has 6 atom stereocenters. The molecule has 0 saturated heterocycles. The summed E-state index contributed by atoms with van der Waals surface area (Å²) in [6, 6.07) is -6.42. The molecule has 0 unspecified atom stereocenters. The Bertz CT molecular complexity index is 1100. The molecule has 0 aromatic carbocycles. The van der Waals surface area contributed by atoms with Crippen molar-refractivity contribution in [1.82, 2.24) is 31.9 Å². The summed E-state index contributed by atoms with van der Waals surface area (Å²) < 4.78 is 0. The Morgan fingerprint density at radius 2 is 1.22 bits per heavy atom. The molecule has 0 saturated carbocycles. The van der Waals surface area contributed by atoms with Gasteiger partial charge in [-0.15, -0.1) is 0 Å². The molecule has 0 spiro atoms. The van der Waals surface area contributed by atoms with Gasteiger partial charge in [-0.25, -0.2) is 4.79 Å². The number of carbonyl (C=O) groups excluding carboxylic acids is 6. The molecule has 0 rings (SSSR count). The van der Waals surface area contributed by atoms with E-state index in [0.29, 0.717) is 6.42 Å². The Balaban J connectivity index is 5.26. The minimum atomic E-state index is -1.62. The van der Waals surface area contributed by atoms with Gasteiger partial charge >= 0.3 is 11.9 Å². The van der Waals surface area contributed by atoms with E-state index in [0.717, 1.165) is 0 Å². The van der Waals surface area contributed by atoms with Gasteiger partial charge in [0.25, 0.3) is 0 Å². The second kappa shape index (κ2) is 20.7. The highest BCUT2D eigenvalue weighted by molar-refractivity contribution is 5.96. The minimum Gasteiger partial charge on any atom is -0.481 e. The maximum atomic E-state index is 13.0. The molecule has 0 fully saturated rings. The van der Waals surface area contributed by atoms with Crippen molar-refractivity contribution >= 4 is 47.4 Å². The van der Waals surface area contributed by atoms with Crippen LogP contribution in [0.25, 0.3) is 0 Å². The number of rotatable bonds is 21. The van der Waals surface area contributed by atoms with E-state index in [-0.39, 0.29) is 18.3 Å². The van der Waals surface area contributed by atoms with Gasteiger partial charge in [-0.05, 0) is 24.2 Å². The number of carbonyl (C=O) groups is 8. The molecular weight excluding hydrogens is 610 g/mol. The molecular formula is C28H49N7O11. The topological polar surface area (TPSA) is 295 Å². The van der Waals surface area contributed by atoms with Gasteiger partial charge in [0.2, 0.25) is 35.4 Å². The van der Waals surface area contributed by atoms with Crippen molar-refractivity contribution in [2.24, 2.45) is 23.5 Å². The Morgan fingerprint density at radius 1 is 0.674 bits per heavy atom. The van der Waals surface area contributed by atoms with Crippen LogP contribution in [0.3, 0.4) is 0 Å². The van der Waals surface area contributed by atoms with E-state index in [9.17, 15) is 43.5 Å². The van der Waals surface area contributed by atoms with Gasteiger partial charge in [0.15, 0.2) is 0 Å². The monoisotopic (exact) mass is 659 g/mol. The van der Waals surface area contributed by atoms with E-state index in [2.05, 4.69) is 31.9 Å². The number of aliphatic carboxylic acids is 2. The molecule has 0 aliphatic heterocycles. The zero-order chi connectivity index (χ0) is 35.7. The summed E-state index contributed by atoms with van der Waals surface area (Å²) in [6.07, 6.45) is -0.0592. The van der Waals surface area contributed by atoms with Gasteiger partial charge in [0.1, 0.15) is 24.2 Å². The van der Waals surface area contributed by atoms with Crippen LogP contribution in [0.2, 0.25) is 0 Å². The number of hydrogen-bond acceptors (Lipinski definition) is 10. The first-order valence-electron chi connectivity index (χ1n) is 14.9. The Morgan fingerprint density at radius 3 is 1.70 bits per heavy atom. The Hall–Kier alpha value is -4.32. The molecule has 18 heteroatoms. The fourth-order valence-electron chi connectivity index (χ4n) is 3.88. The maximum Gasteiger partial charge on any atom is 0.328 e. The molecule has 0 radical (unpaired) electrons. The third kappa shape index (κ3) is 15.6. The van der Waals surface area contributed by atoms with Crippen LogP contribution in [0.5, 0.6) is 0 Å². The lowest BCUT2D eigenvalue weighted by Gasteiger charge is -2.26. The summed E-state index contributed by atoms with van der Waals surface area (Å²) in [5.41, 5.74) is 5.97. The van der Waals surface area contributed by atoms with Crippen molar-refractivity contribution in [3.05, 3.63) is 0 Å². The Kier molecular flexibility index (Phi) is 18.7. The maximum absolute atomic E-state index is 13.0. The number of aliphatic hydroxyl groups excluding tert-OH is 1. The molecule has 0 aromatic rings. The van der Waals surface area contributed by atoms with Crippen LogP contribution in [0, 0.1) is 17.8 Å². The molecule has 0 aromatic heterocycles. The van der Waals surface area contributed by atoms with E-state index in [4.69, 9.17) is 15.9 Å². The SMILES string of the molecule is CC[C@H](C)[C@H](N)C(=O)N[C@@H](CC(C)C)C(=O)N[C@@H](CC(=O)O)C(=O)NCC(=O)NCC(=O)N[C@H](C(=O)N[C@@H](CO)C(=O)O)C(C)C. The first kappa shape index (κ1) is 41.7. The third-order valence-corrected chi connectivity index (χ3v) is 6.84. The average Bonchev–Trinajstić information content (AvgIpc) is 2.97. The van der Waals surface area contributed by atoms with E-state index in [1.54, 1.807) is 34.6 Å². The van der Waals surface area contributed by atoms with Crippen LogP contribution in [0.4, 0.5) is 0 Å². The number of carboxylic acid groups (broad SMARTS) is 2. The fraction of sp³-hybridized carbons (Fsp3) is 0.714. The van der Waals surface area contributed by atoms with Crippen LogP contribution in [-0.4, -0.2) is 113 Å². The summed E-state index contributed by atoms with van der Waals surface area (Å²) in [4.78, 5) is 97.9. The number of nitrogens with two attached hydrogens (primary N) is 1. The molecule has 18 nitrogen and oxygen atoms in total. The molecule has 46 heavy (non-hydrogen) atoms. The first-order valence-corrected chi connectivity index (χ1v) is 14.9. The standard InChI is InChI=1S/C28H49N7O11/c1-7-15(6)22(29)26(43)33-16(8-13(2)3)25(42)32-17(9-21(39)40)24(41)31-10-19(37)30-11-20(38)35-23(14(4)5)27(44)34-18(12-36)28(45)46/h13-18,22-23,36H,7-12,29H2,1-6H3,(H,30,37)(H,31,41)(H,32,42)(H,33,43)(H,34,44)(H,35,38)(H,39,40)(H,45,46)/t15-,16-,17-,18-,22-,23-/m0/s1. The number of aliphatic hydroxyl groups is 1. The lowest BCUT2D eigenvalue weighted by molar-refractivity contribution is -0.143. The van der Waals surface area contributed by atoms with E-state index in [1.807, 2.05) is 6.92 Å². The van der Waals surface area contributed by atoms with Gasteiger partial charge in [-0.3, -0.25) is 33.6 Å². The molecule has 262 valence electrons. The van der Waals surface area contributed by atoms with E-state index < -0.39 is 110 Å². The smallest absolute Gasteiger partial charge is 0.328 e. The number of amides is 6. The molecule has 0 heterocycles. The van der Waals surface area contributed by atoms with Gasteiger partial charge in [0, 0.05) is 0 Å². The van der Waals surface area contributed by atoms with Crippen LogP contribution in [0.1, 0.15) is 60.8 Å². The van der Waals surface area contributed by atoms with Crippen molar-refractivity contribution in [1.29, 1.82) is 0 Å². The predicted octanol–water partition coefficient (Wildman–Crippen LogP) is -3.21. The summed E-state index contributed by atoms with van der Waals surface area (Å²) in [5.74, 6) is -8.65. The lowest BCUT2D eigenvalue weighted by atomic mass is 9.97. The minimum absolute atomic E-state index is 0.0732. The molecule has 0 aliphatic carbocycles. The first-order chi connectivity index (χ1) is 21.3. The number of hydrogen-bond donors (Lipinski definition) is 10. The highest BCUT2D eigenvalue weighted by Crippen LogP contribution is 2.10. The molecule has 0 aliphatic rings. The van der Waals surface area contributed by atoms with Crippen molar-refractivity contribution in [2.75, 3.05) is 19.7 Å². The average molecular weight is 660 g/mol. The highest BCUT2D eigenvalue weighted by atomic mass is 16.4. The number of nitrogens with one attached hydrogen (secondary N) is 6. The molecule has 11 N–H and O–H groups in total.